The minimum absolute atomic E-state index is 0. The first-order chi connectivity index (χ1) is 9.20. The molecule has 112 valence electrons. The van der Waals surface area contributed by atoms with E-state index in [2.05, 4.69) is 5.32 Å². The molecule has 0 aliphatic heterocycles. The number of nitrogens with two attached hydrogens (primary N) is 1. The summed E-state index contributed by atoms with van der Waals surface area (Å²) in [6.07, 6.45) is 3.80. The highest BCUT2D eigenvalue weighted by Crippen LogP contribution is 2.26. The van der Waals surface area contributed by atoms with Crippen LogP contribution >= 0.6 is 12.4 Å². The van der Waals surface area contributed by atoms with Crippen LogP contribution in [0.2, 0.25) is 0 Å². The summed E-state index contributed by atoms with van der Waals surface area (Å²) in [4.78, 5) is 11.9. The molecule has 0 bridgehead atoms. The lowest BCUT2D eigenvalue weighted by atomic mass is 10.00. The number of hydrogen-bond donors (Lipinski definition) is 2. The first-order valence-corrected chi connectivity index (χ1v) is 6.85. The van der Waals surface area contributed by atoms with Crippen LogP contribution in [-0.2, 0) is 11.3 Å². The Labute approximate surface area is 126 Å². The van der Waals surface area contributed by atoms with Gasteiger partial charge in [0, 0.05) is 24.6 Å². The third-order valence-corrected chi connectivity index (χ3v) is 3.83. The highest BCUT2D eigenvalue weighted by molar-refractivity contribution is 5.85. The van der Waals surface area contributed by atoms with Crippen molar-refractivity contribution in [3.05, 3.63) is 29.8 Å². The molecule has 0 saturated heterocycles. The largest absolute Gasteiger partial charge is 0.496 e. The second kappa shape index (κ2) is 8.12. The van der Waals surface area contributed by atoms with Gasteiger partial charge >= 0.3 is 0 Å². The van der Waals surface area contributed by atoms with Gasteiger partial charge in [-0.1, -0.05) is 24.6 Å². The van der Waals surface area contributed by atoms with Crippen LogP contribution in [0.15, 0.2) is 24.3 Å². The summed E-state index contributed by atoms with van der Waals surface area (Å²) in [7, 11) is 1.64. The van der Waals surface area contributed by atoms with Crippen LogP contribution < -0.4 is 15.8 Å². The van der Waals surface area contributed by atoms with Gasteiger partial charge in [0.05, 0.1) is 7.11 Å². The van der Waals surface area contributed by atoms with E-state index in [9.17, 15) is 4.79 Å². The van der Waals surface area contributed by atoms with Crippen molar-refractivity contribution in [2.45, 2.75) is 38.3 Å². The molecule has 1 saturated carbocycles. The summed E-state index contributed by atoms with van der Waals surface area (Å²) in [6, 6.07) is 7.91. The zero-order valence-corrected chi connectivity index (χ0v) is 12.6. The number of nitrogens with one attached hydrogen (secondary N) is 1. The Kier molecular flexibility index (Phi) is 6.82. The van der Waals surface area contributed by atoms with Crippen LogP contribution in [0, 0.1) is 5.92 Å². The maximum atomic E-state index is 11.9. The summed E-state index contributed by atoms with van der Waals surface area (Å²) in [5.74, 6) is 1.23. The number of hydrogen-bond acceptors (Lipinski definition) is 3. The lowest BCUT2D eigenvalue weighted by molar-refractivity contribution is -0.122. The number of methoxy groups -OCH3 is 1. The van der Waals surface area contributed by atoms with Gasteiger partial charge in [0.25, 0.3) is 0 Å². The molecule has 0 aromatic heterocycles. The molecule has 0 spiro atoms. The van der Waals surface area contributed by atoms with Crippen molar-refractivity contribution >= 4 is 18.3 Å². The van der Waals surface area contributed by atoms with Crippen molar-refractivity contribution in [1.82, 2.24) is 5.32 Å². The molecular formula is C15H23ClN2O2. The monoisotopic (exact) mass is 298 g/mol. The van der Waals surface area contributed by atoms with E-state index in [-0.39, 0.29) is 24.4 Å². The van der Waals surface area contributed by atoms with Crippen LogP contribution in [0.3, 0.4) is 0 Å². The van der Waals surface area contributed by atoms with Crippen molar-refractivity contribution in [2.24, 2.45) is 11.7 Å². The average molecular weight is 299 g/mol. The van der Waals surface area contributed by atoms with Gasteiger partial charge in [0.2, 0.25) is 5.91 Å². The molecule has 2 rings (SSSR count). The van der Waals surface area contributed by atoms with E-state index in [1.54, 1.807) is 7.11 Å². The molecule has 1 fully saturated rings. The Morgan fingerprint density at radius 1 is 1.40 bits per heavy atom. The van der Waals surface area contributed by atoms with Gasteiger partial charge in [-0.15, -0.1) is 12.4 Å². The van der Waals surface area contributed by atoms with Crippen molar-refractivity contribution in [1.29, 1.82) is 0 Å². The second-order valence-corrected chi connectivity index (χ2v) is 5.15. The Morgan fingerprint density at radius 2 is 2.15 bits per heavy atom. The zero-order chi connectivity index (χ0) is 13.7. The average Bonchev–Trinajstić information content (AvgIpc) is 2.82. The summed E-state index contributed by atoms with van der Waals surface area (Å²) in [6.45, 7) is 0.505. The number of carbonyl (C=O) groups is 1. The van der Waals surface area contributed by atoms with Crippen molar-refractivity contribution < 1.29 is 9.53 Å². The van der Waals surface area contributed by atoms with E-state index in [1.807, 2.05) is 24.3 Å². The number of ether oxygens (including phenoxy) is 1. The molecule has 0 unspecified atom stereocenters. The van der Waals surface area contributed by atoms with Crippen LogP contribution in [0.4, 0.5) is 0 Å². The van der Waals surface area contributed by atoms with Gasteiger partial charge < -0.3 is 15.8 Å². The SMILES string of the molecule is COc1ccccc1CNC(=O)C[C@@H]1CCC[C@H]1N.Cl. The molecule has 0 heterocycles. The molecule has 5 heteroatoms. The lowest BCUT2D eigenvalue weighted by Crippen LogP contribution is -2.31. The molecule has 1 aliphatic carbocycles. The topological polar surface area (TPSA) is 64.3 Å². The van der Waals surface area contributed by atoms with E-state index < -0.39 is 0 Å². The summed E-state index contributed by atoms with van der Waals surface area (Å²) >= 11 is 0. The van der Waals surface area contributed by atoms with Gasteiger partial charge in [0.1, 0.15) is 5.75 Å². The number of carbonyl (C=O) groups excluding carboxylic acids is 1. The second-order valence-electron chi connectivity index (χ2n) is 5.15. The fraction of sp³-hybridized carbons (Fsp3) is 0.533. The molecule has 20 heavy (non-hydrogen) atoms. The molecule has 1 aromatic rings. The Bertz CT molecular complexity index is 440. The first kappa shape index (κ1) is 16.8. The van der Waals surface area contributed by atoms with Gasteiger partial charge in [-0.2, -0.15) is 0 Å². The van der Waals surface area contributed by atoms with Gasteiger partial charge in [-0.05, 0) is 24.8 Å². The standard InChI is InChI=1S/C15H22N2O2.ClH/c1-19-14-8-3-2-5-12(14)10-17-15(18)9-11-6-4-7-13(11)16;/h2-3,5,8,11,13H,4,6-7,9-10,16H2,1H3,(H,17,18);1H/t11-,13+;/m0./s1. The van der Waals surface area contributed by atoms with Crippen LogP contribution in [0.5, 0.6) is 5.75 Å². The van der Waals surface area contributed by atoms with E-state index in [4.69, 9.17) is 10.5 Å². The van der Waals surface area contributed by atoms with Crippen molar-refractivity contribution in [3.63, 3.8) is 0 Å². The Balaban J connectivity index is 0.00000200. The Morgan fingerprint density at radius 3 is 2.80 bits per heavy atom. The van der Waals surface area contributed by atoms with Gasteiger partial charge in [-0.3, -0.25) is 4.79 Å². The van der Waals surface area contributed by atoms with Crippen LogP contribution in [-0.4, -0.2) is 19.1 Å². The van der Waals surface area contributed by atoms with E-state index in [0.29, 0.717) is 18.9 Å². The highest BCUT2D eigenvalue weighted by Gasteiger charge is 2.25. The number of halogens is 1. The summed E-state index contributed by atoms with van der Waals surface area (Å²) < 4.78 is 5.26. The highest BCUT2D eigenvalue weighted by atomic mass is 35.5. The predicted octanol–water partition coefficient (Wildman–Crippen LogP) is 2.25. The molecule has 2 atom stereocenters. The van der Waals surface area contributed by atoms with E-state index in [1.165, 1.54) is 0 Å². The fourth-order valence-corrected chi connectivity index (χ4v) is 2.67. The molecule has 1 aliphatic rings. The summed E-state index contributed by atoms with van der Waals surface area (Å²) in [5.41, 5.74) is 6.97. The van der Waals surface area contributed by atoms with Crippen molar-refractivity contribution in [2.75, 3.05) is 7.11 Å². The minimum Gasteiger partial charge on any atom is -0.496 e. The number of rotatable bonds is 5. The Hall–Kier alpha value is -1.26. The third-order valence-electron chi connectivity index (χ3n) is 3.83. The van der Waals surface area contributed by atoms with E-state index >= 15 is 0 Å². The molecular weight excluding hydrogens is 276 g/mol. The van der Waals surface area contributed by atoms with Gasteiger partial charge in [-0.25, -0.2) is 0 Å². The quantitative estimate of drug-likeness (QED) is 0.876. The maximum Gasteiger partial charge on any atom is 0.220 e. The normalized spacial score (nSPS) is 21.1. The minimum atomic E-state index is 0. The van der Waals surface area contributed by atoms with E-state index in [0.717, 1.165) is 30.6 Å². The van der Waals surface area contributed by atoms with Crippen LogP contribution in [0.25, 0.3) is 0 Å². The molecule has 3 N–H and O–H groups in total. The van der Waals surface area contributed by atoms with Crippen LogP contribution in [0.1, 0.15) is 31.2 Å². The lowest BCUT2D eigenvalue weighted by Gasteiger charge is -2.15. The smallest absolute Gasteiger partial charge is 0.220 e. The predicted molar refractivity (Wildman–Crippen MR) is 82.0 cm³/mol. The number of para-hydroxylation sites is 1. The van der Waals surface area contributed by atoms with Gasteiger partial charge in [0.15, 0.2) is 0 Å². The third kappa shape index (κ3) is 4.39. The molecule has 0 radical (unpaired) electrons. The zero-order valence-electron chi connectivity index (χ0n) is 11.8. The molecule has 4 nitrogen and oxygen atoms in total. The maximum absolute atomic E-state index is 11.9. The number of benzene rings is 1. The van der Waals surface area contributed by atoms with Crippen molar-refractivity contribution in [3.8, 4) is 5.75 Å². The number of amides is 1. The molecule has 1 amide bonds. The summed E-state index contributed by atoms with van der Waals surface area (Å²) in [5, 5.41) is 2.95. The fourth-order valence-electron chi connectivity index (χ4n) is 2.67. The first-order valence-electron chi connectivity index (χ1n) is 6.85. The molecule has 1 aromatic carbocycles.